The van der Waals surface area contributed by atoms with E-state index in [9.17, 15) is 4.79 Å². The van der Waals surface area contributed by atoms with Crippen LogP contribution in [-0.2, 0) is 10.2 Å². The van der Waals surface area contributed by atoms with Gasteiger partial charge < -0.3 is 15.5 Å². The van der Waals surface area contributed by atoms with Crippen molar-refractivity contribution in [2.24, 2.45) is 4.99 Å². The van der Waals surface area contributed by atoms with Crippen molar-refractivity contribution in [3.05, 3.63) is 34.9 Å². The van der Waals surface area contributed by atoms with Gasteiger partial charge in [-0.05, 0) is 43.9 Å². The van der Waals surface area contributed by atoms with Gasteiger partial charge >= 0.3 is 0 Å². The summed E-state index contributed by atoms with van der Waals surface area (Å²) in [5, 5.41) is 7.63. The molecule has 3 rings (SSSR count). The molecule has 1 unspecified atom stereocenters. The van der Waals surface area contributed by atoms with Crippen LogP contribution >= 0.6 is 11.6 Å². The zero-order chi connectivity index (χ0) is 18.6. The third-order valence-electron chi connectivity index (χ3n) is 5.36. The highest BCUT2D eigenvalue weighted by molar-refractivity contribution is 6.30. The highest BCUT2D eigenvalue weighted by Gasteiger charge is 2.44. The van der Waals surface area contributed by atoms with Gasteiger partial charge in [-0.25, -0.2) is 0 Å². The number of halogens is 1. The smallest absolute Gasteiger partial charge is 0.222 e. The Morgan fingerprint density at radius 3 is 2.85 bits per heavy atom. The molecule has 1 aliphatic carbocycles. The molecule has 0 spiro atoms. The molecule has 6 heteroatoms. The van der Waals surface area contributed by atoms with Crippen molar-refractivity contribution in [3.63, 3.8) is 0 Å². The number of nitrogens with zero attached hydrogens (tertiary/aromatic N) is 2. The minimum Gasteiger partial charge on any atom is -0.357 e. The zero-order valence-electron chi connectivity index (χ0n) is 15.7. The molecule has 1 heterocycles. The molecule has 2 fully saturated rings. The van der Waals surface area contributed by atoms with Crippen LogP contribution in [0.1, 0.15) is 45.1 Å². The summed E-state index contributed by atoms with van der Waals surface area (Å²) in [5.41, 5.74) is 1.41. The Kier molecular flexibility index (Phi) is 6.07. The average Bonchev–Trinajstić information content (AvgIpc) is 3.30. The molecule has 1 amide bonds. The van der Waals surface area contributed by atoms with Gasteiger partial charge in [0.2, 0.25) is 5.91 Å². The molecule has 1 atom stereocenters. The summed E-state index contributed by atoms with van der Waals surface area (Å²) >= 11 is 6.16. The van der Waals surface area contributed by atoms with E-state index in [1.165, 1.54) is 5.56 Å². The minimum absolute atomic E-state index is 0.132. The summed E-state index contributed by atoms with van der Waals surface area (Å²) in [6, 6.07) is 8.42. The Morgan fingerprint density at radius 2 is 2.19 bits per heavy atom. The summed E-state index contributed by atoms with van der Waals surface area (Å²) < 4.78 is 0. The van der Waals surface area contributed by atoms with Gasteiger partial charge in [-0.3, -0.25) is 9.79 Å². The van der Waals surface area contributed by atoms with Crippen LogP contribution in [0.4, 0.5) is 0 Å². The molecular formula is C20H29ClN4O. The first-order chi connectivity index (χ1) is 12.6. The first-order valence-electron chi connectivity index (χ1n) is 9.65. The molecule has 1 saturated carbocycles. The van der Waals surface area contributed by atoms with Gasteiger partial charge in [0.05, 0.1) is 6.54 Å². The molecule has 2 N–H and O–H groups in total. The predicted octanol–water partition coefficient (Wildman–Crippen LogP) is 2.94. The number of hydrogen-bond donors (Lipinski definition) is 2. The van der Waals surface area contributed by atoms with Crippen LogP contribution in [0.2, 0.25) is 5.02 Å². The van der Waals surface area contributed by atoms with Crippen molar-refractivity contribution >= 4 is 23.5 Å². The molecule has 0 aromatic heterocycles. The number of benzene rings is 1. The molecule has 5 nitrogen and oxygen atoms in total. The van der Waals surface area contributed by atoms with Gasteiger partial charge in [-0.1, -0.05) is 30.7 Å². The highest BCUT2D eigenvalue weighted by atomic mass is 35.5. The van der Waals surface area contributed by atoms with E-state index in [4.69, 9.17) is 16.6 Å². The fraction of sp³-hybridized carbons (Fsp3) is 0.600. The highest BCUT2D eigenvalue weighted by Crippen LogP contribution is 2.48. The van der Waals surface area contributed by atoms with Crippen molar-refractivity contribution in [1.82, 2.24) is 15.5 Å². The van der Waals surface area contributed by atoms with E-state index in [0.717, 1.165) is 56.4 Å². The number of nitrogens with one attached hydrogen (secondary N) is 2. The van der Waals surface area contributed by atoms with E-state index in [1.807, 2.05) is 24.0 Å². The van der Waals surface area contributed by atoms with E-state index >= 15 is 0 Å². The second-order valence-corrected chi connectivity index (χ2v) is 7.75. The summed E-state index contributed by atoms with van der Waals surface area (Å²) in [7, 11) is 0. The monoisotopic (exact) mass is 376 g/mol. The summed E-state index contributed by atoms with van der Waals surface area (Å²) in [5.74, 6) is 1.07. The lowest BCUT2D eigenvalue weighted by molar-refractivity contribution is -0.129. The Balaban J connectivity index is 1.62. The maximum atomic E-state index is 11.9. The van der Waals surface area contributed by atoms with Crippen molar-refractivity contribution in [2.75, 3.05) is 26.2 Å². The Morgan fingerprint density at radius 1 is 1.38 bits per heavy atom. The first-order valence-corrected chi connectivity index (χ1v) is 10.0. The number of guanidine groups is 1. The van der Waals surface area contributed by atoms with E-state index < -0.39 is 0 Å². The minimum atomic E-state index is 0.132. The normalized spacial score (nSPS) is 21.6. The number of likely N-dealkylation sites (tertiary alicyclic amines) is 1. The topological polar surface area (TPSA) is 56.7 Å². The van der Waals surface area contributed by atoms with E-state index in [0.29, 0.717) is 6.42 Å². The van der Waals surface area contributed by atoms with Crippen molar-refractivity contribution in [2.45, 2.75) is 51.0 Å². The predicted molar refractivity (Wildman–Crippen MR) is 107 cm³/mol. The SMILES string of the molecule is CCNC(=NCC1(c2cccc(Cl)c2)CC1)NC1CCN(C(=O)CC)C1. The van der Waals surface area contributed by atoms with Crippen LogP contribution in [0.5, 0.6) is 0 Å². The first kappa shape index (κ1) is 19.0. The van der Waals surface area contributed by atoms with Crippen molar-refractivity contribution < 1.29 is 4.79 Å². The van der Waals surface area contributed by atoms with Crippen LogP contribution in [0.3, 0.4) is 0 Å². The number of amides is 1. The van der Waals surface area contributed by atoms with Crippen LogP contribution in [0.25, 0.3) is 0 Å². The summed E-state index contributed by atoms with van der Waals surface area (Å²) in [4.78, 5) is 18.7. The van der Waals surface area contributed by atoms with Gasteiger partial charge in [-0.15, -0.1) is 0 Å². The third kappa shape index (κ3) is 4.50. The van der Waals surface area contributed by atoms with Crippen molar-refractivity contribution in [1.29, 1.82) is 0 Å². The molecule has 1 aromatic carbocycles. The lowest BCUT2D eigenvalue weighted by Crippen LogP contribution is -2.45. The average molecular weight is 377 g/mol. The number of rotatable bonds is 6. The van der Waals surface area contributed by atoms with Crippen molar-refractivity contribution in [3.8, 4) is 0 Å². The quantitative estimate of drug-likeness (QED) is 0.592. The van der Waals surface area contributed by atoms with Gasteiger partial charge in [0.1, 0.15) is 0 Å². The third-order valence-corrected chi connectivity index (χ3v) is 5.59. The molecule has 1 aromatic rings. The maximum absolute atomic E-state index is 11.9. The van der Waals surface area contributed by atoms with E-state index in [-0.39, 0.29) is 17.4 Å². The maximum Gasteiger partial charge on any atom is 0.222 e. The fourth-order valence-electron chi connectivity index (χ4n) is 3.58. The number of aliphatic imine (C=N–C) groups is 1. The number of carbonyl (C=O) groups excluding carboxylic acids is 1. The fourth-order valence-corrected chi connectivity index (χ4v) is 3.77. The van der Waals surface area contributed by atoms with Crippen LogP contribution < -0.4 is 10.6 Å². The largest absolute Gasteiger partial charge is 0.357 e. The van der Waals surface area contributed by atoms with Crippen LogP contribution in [0, 0.1) is 0 Å². The Labute approximate surface area is 161 Å². The lowest BCUT2D eigenvalue weighted by Gasteiger charge is -2.20. The second-order valence-electron chi connectivity index (χ2n) is 7.31. The summed E-state index contributed by atoms with van der Waals surface area (Å²) in [6.45, 7) is 7.15. The van der Waals surface area contributed by atoms with Crippen LogP contribution in [-0.4, -0.2) is 49.0 Å². The van der Waals surface area contributed by atoms with E-state index in [1.54, 1.807) is 0 Å². The van der Waals surface area contributed by atoms with Gasteiger partial charge in [0, 0.05) is 42.5 Å². The Bertz CT molecular complexity index is 672. The van der Waals surface area contributed by atoms with Gasteiger partial charge in [0.15, 0.2) is 5.96 Å². The molecular weight excluding hydrogens is 348 g/mol. The molecule has 142 valence electrons. The zero-order valence-corrected chi connectivity index (χ0v) is 16.5. The van der Waals surface area contributed by atoms with Crippen LogP contribution in [0.15, 0.2) is 29.3 Å². The second kappa shape index (κ2) is 8.30. The standard InChI is InChI=1S/C20H29ClN4O/c1-3-18(26)25-11-8-17(13-25)24-19(22-4-2)23-14-20(9-10-20)15-6-5-7-16(21)12-15/h5-7,12,17H,3-4,8-11,13-14H2,1-2H3,(H2,22,23,24). The molecule has 0 radical (unpaired) electrons. The lowest BCUT2D eigenvalue weighted by atomic mass is 9.96. The van der Waals surface area contributed by atoms with E-state index in [2.05, 4.69) is 29.7 Å². The molecule has 1 aliphatic heterocycles. The molecule has 26 heavy (non-hydrogen) atoms. The Hall–Kier alpha value is -1.75. The molecule has 2 aliphatic rings. The molecule has 1 saturated heterocycles. The number of hydrogen-bond acceptors (Lipinski definition) is 2. The molecule has 0 bridgehead atoms. The van der Waals surface area contributed by atoms with Gasteiger partial charge in [-0.2, -0.15) is 0 Å². The van der Waals surface area contributed by atoms with Gasteiger partial charge in [0.25, 0.3) is 0 Å². The number of carbonyl (C=O) groups is 1. The summed E-state index contributed by atoms with van der Waals surface area (Å²) in [6.07, 6.45) is 3.84.